The van der Waals surface area contributed by atoms with E-state index in [-0.39, 0.29) is 6.04 Å². The first-order valence-electron chi connectivity index (χ1n) is 4.86. The number of hydrogen-bond donors (Lipinski definition) is 1. The molecular formula is C11H11BrN4. The SMILES string of the molecule is CNC(c1cnccn1)c1ncccc1Br. The Morgan fingerprint density at radius 2 is 2.12 bits per heavy atom. The molecule has 0 aromatic carbocycles. The van der Waals surface area contributed by atoms with Gasteiger partial charge in [0.2, 0.25) is 0 Å². The van der Waals surface area contributed by atoms with Gasteiger partial charge in [0, 0.05) is 23.1 Å². The molecule has 2 aromatic heterocycles. The molecule has 0 aliphatic carbocycles. The molecule has 1 N–H and O–H groups in total. The molecule has 0 amide bonds. The van der Waals surface area contributed by atoms with Crippen molar-refractivity contribution in [2.24, 2.45) is 0 Å². The van der Waals surface area contributed by atoms with Crippen LogP contribution in [-0.2, 0) is 0 Å². The van der Waals surface area contributed by atoms with E-state index in [0.717, 1.165) is 15.9 Å². The van der Waals surface area contributed by atoms with Crippen molar-refractivity contribution in [2.45, 2.75) is 6.04 Å². The van der Waals surface area contributed by atoms with Gasteiger partial charge >= 0.3 is 0 Å². The number of halogens is 1. The van der Waals surface area contributed by atoms with Gasteiger partial charge in [-0.25, -0.2) is 0 Å². The van der Waals surface area contributed by atoms with Gasteiger partial charge in [0.25, 0.3) is 0 Å². The number of aromatic nitrogens is 3. The van der Waals surface area contributed by atoms with Gasteiger partial charge < -0.3 is 5.32 Å². The van der Waals surface area contributed by atoms with E-state index in [1.54, 1.807) is 24.8 Å². The Morgan fingerprint density at radius 1 is 1.25 bits per heavy atom. The van der Waals surface area contributed by atoms with Gasteiger partial charge in [-0.15, -0.1) is 0 Å². The van der Waals surface area contributed by atoms with Crippen LogP contribution in [0.5, 0.6) is 0 Å². The monoisotopic (exact) mass is 278 g/mol. The zero-order chi connectivity index (χ0) is 11.4. The van der Waals surface area contributed by atoms with E-state index in [4.69, 9.17) is 0 Å². The lowest BCUT2D eigenvalue weighted by Gasteiger charge is -2.15. The normalized spacial score (nSPS) is 12.4. The fraction of sp³-hybridized carbons (Fsp3) is 0.182. The van der Waals surface area contributed by atoms with Crippen LogP contribution in [0.25, 0.3) is 0 Å². The summed E-state index contributed by atoms with van der Waals surface area (Å²) < 4.78 is 0.958. The minimum absolute atomic E-state index is 0.0516. The van der Waals surface area contributed by atoms with Gasteiger partial charge in [-0.05, 0) is 35.1 Å². The Balaban J connectivity index is 2.41. The molecule has 0 spiro atoms. The van der Waals surface area contributed by atoms with Crippen molar-refractivity contribution in [3.8, 4) is 0 Å². The second-order valence-electron chi connectivity index (χ2n) is 3.22. The van der Waals surface area contributed by atoms with Crippen molar-refractivity contribution in [1.29, 1.82) is 0 Å². The standard InChI is InChI=1S/C11H11BrN4/c1-13-11(9-7-14-5-6-15-9)10-8(12)3-2-4-16-10/h2-7,11,13H,1H3. The molecule has 2 aromatic rings. The van der Waals surface area contributed by atoms with Gasteiger partial charge in [-0.1, -0.05) is 0 Å². The lowest BCUT2D eigenvalue weighted by molar-refractivity contribution is 0.645. The molecular weight excluding hydrogens is 268 g/mol. The quantitative estimate of drug-likeness (QED) is 0.933. The molecule has 2 rings (SSSR count). The van der Waals surface area contributed by atoms with Crippen molar-refractivity contribution in [3.05, 3.63) is 52.8 Å². The largest absolute Gasteiger partial charge is 0.307 e. The second-order valence-corrected chi connectivity index (χ2v) is 4.08. The Morgan fingerprint density at radius 3 is 2.75 bits per heavy atom. The smallest absolute Gasteiger partial charge is 0.0949 e. The van der Waals surface area contributed by atoms with Crippen molar-refractivity contribution in [1.82, 2.24) is 20.3 Å². The summed E-state index contributed by atoms with van der Waals surface area (Å²) in [4.78, 5) is 12.7. The molecule has 1 unspecified atom stereocenters. The van der Waals surface area contributed by atoms with E-state index in [9.17, 15) is 0 Å². The third-order valence-electron chi connectivity index (χ3n) is 2.23. The average molecular weight is 279 g/mol. The van der Waals surface area contributed by atoms with Gasteiger partial charge in [0.05, 0.1) is 23.6 Å². The maximum atomic E-state index is 4.35. The molecule has 82 valence electrons. The number of pyridine rings is 1. The topological polar surface area (TPSA) is 50.7 Å². The van der Waals surface area contributed by atoms with E-state index in [1.807, 2.05) is 19.2 Å². The molecule has 0 saturated carbocycles. The van der Waals surface area contributed by atoms with Crippen LogP contribution in [0.1, 0.15) is 17.4 Å². The van der Waals surface area contributed by atoms with Gasteiger partial charge in [-0.2, -0.15) is 0 Å². The van der Waals surface area contributed by atoms with Crippen LogP contribution in [0.4, 0.5) is 0 Å². The molecule has 0 saturated heterocycles. The van der Waals surface area contributed by atoms with Crippen LogP contribution in [0.2, 0.25) is 0 Å². The zero-order valence-electron chi connectivity index (χ0n) is 8.76. The Hall–Kier alpha value is -1.33. The lowest BCUT2D eigenvalue weighted by atomic mass is 10.1. The van der Waals surface area contributed by atoms with E-state index in [1.165, 1.54) is 0 Å². The van der Waals surface area contributed by atoms with E-state index in [0.29, 0.717) is 0 Å². The van der Waals surface area contributed by atoms with Crippen molar-refractivity contribution in [2.75, 3.05) is 7.05 Å². The number of rotatable bonds is 3. The maximum Gasteiger partial charge on any atom is 0.0949 e. The first-order chi connectivity index (χ1) is 7.83. The zero-order valence-corrected chi connectivity index (χ0v) is 10.3. The van der Waals surface area contributed by atoms with Gasteiger partial charge in [-0.3, -0.25) is 15.0 Å². The molecule has 0 aliphatic rings. The number of hydrogen-bond acceptors (Lipinski definition) is 4. The minimum atomic E-state index is -0.0516. The maximum absolute atomic E-state index is 4.35. The first kappa shape index (κ1) is 11.2. The fourth-order valence-electron chi connectivity index (χ4n) is 1.49. The summed E-state index contributed by atoms with van der Waals surface area (Å²) in [5, 5.41) is 3.18. The molecule has 2 heterocycles. The lowest BCUT2D eigenvalue weighted by Crippen LogP contribution is -2.20. The fourth-order valence-corrected chi connectivity index (χ4v) is 1.98. The van der Waals surface area contributed by atoms with Crippen LogP contribution in [-0.4, -0.2) is 22.0 Å². The summed E-state index contributed by atoms with van der Waals surface area (Å²) in [7, 11) is 1.88. The highest BCUT2D eigenvalue weighted by molar-refractivity contribution is 9.10. The number of nitrogens with one attached hydrogen (secondary N) is 1. The van der Waals surface area contributed by atoms with Crippen LogP contribution >= 0.6 is 15.9 Å². The average Bonchev–Trinajstić information content (AvgIpc) is 2.34. The minimum Gasteiger partial charge on any atom is -0.307 e. The number of nitrogens with zero attached hydrogens (tertiary/aromatic N) is 3. The molecule has 4 nitrogen and oxygen atoms in total. The van der Waals surface area contributed by atoms with Crippen LogP contribution in [0.3, 0.4) is 0 Å². The van der Waals surface area contributed by atoms with Crippen molar-refractivity contribution >= 4 is 15.9 Å². The summed E-state index contributed by atoms with van der Waals surface area (Å²) in [6.45, 7) is 0. The predicted octanol–water partition coefficient (Wildman–Crippen LogP) is 1.94. The first-order valence-corrected chi connectivity index (χ1v) is 5.66. The van der Waals surface area contributed by atoms with Crippen LogP contribution in [0, 0.1) is 0 Å². The highest BCUT2D eigenvalue weighted by Crippen LogP contribution is 2.24. The third-order valence-corrected chi connectivity index (χ3v) is 2.90. The Labute approximate surface area is 102 Å². The molecule has 0 radical (unpaired) electrons. The van der Waals surface area contributed by atoms with E-state index >= 15 is 0 Å². The van der Waals surface area contributed by atoms with E-state index < -0.39 is 0 Å². The molecule has 16 heavy (non-hydrogen) atoms. The molecule has 0 bridgehead atoms. The van der Waals surface area contributed by atoms with Gasteiger partial charge in [0.1, 0.15) is 0 Å². The summed E-state index contributed by atoms with van der Waals surface area (Å²) in [6.07, 6.45) is 6.84. The molecule has 0 aliphatic heterocycles. The highest BCUT2D eigenvalue weighted by Gasteiger charge is 2.17. The summed E-state index contributed by atoms with van der Waals surface area (Å²) in [5.41, 5.74) is 1.76. The molecule has 0 fully saturated rings. The van der Waals surface area contributed by atoms with E-state index in [2.05, 4.69) is 36.2 Å². The third kappa shape index (κ3) is 2.25. The highest BCUT2D eigenvalue weighted by atomic mass is 79.9. The van der Waals surface area contributed by atoms with Gasteiger partial charge in [0.15, 0.2) is 0 Å². The predicted molar refractivity (Wildman–Crippen MR) is 64.9 cm³/mol. The Kier molecular flexibility index (Phi) is 3.58. The molecule has 1 atom stereocenters. The van der Waals surface area contributed by atoms with Crippen LogP contribution in [0.15, 0.2) is 41.4 Å². The second kappa shape index (κ2) is 5.14. The Bertz CT molecular complexity index is 461. The summed E-state index contributed by atoms with van der Waals surface area (Å²) in [6, 6.07) is 3.80. The van der Waals surface area contributed by atoms with Crippen molar-refractivity contribution < 1.29 is 0 Å². The summed E-state index contributed by atoms with van der Waals surface area (Å²) >= 11 is 3.48. The molecule has 5 heteroatoms. The summed E-state index contributed by atoms with van der Waals surface area (Å²) in [5.74, 6) is 0. The van der Waals surface area contributed by atoms with Crippen LogP contribution < -0.4 is 5.32 Å². The van der Waals surface area contributed by atoms with Crippen molar-refractivity contribution in [3.63, 3.8) is 0 Å².